The number of aryl methyl sites for hydroxylation is 1. The van der Waals surface area contributed by atoms with E-state index in [-0.39, 0.29) is 0 Å². The Hall–Kier alpha value is -1.71. The van der Waals surface area contributed by atoms with Crippen molar-refractivity contribution >= 4 is 22.7 Å². The van der Waals surface area contributed by atoms with Crippen LogP contribution in [0.3, 0.4) is 0 Å². The number of para-hydroxylation sites is 1. The first-order valence-corrected chi connectivity index (χ1v) is 11.5. The molecule has 0 radical (unpaired) electrons. The second-order valence-corrected chi connectivity index (χ2v) is 8.51. The van der Waals surface area contributed by atoms with Crippen molar-refractivity contribution in [2.45, 2.75) is 43.0 Å². The Balaban J connectivity index is 1.30. The molecule has 0 saturated carbocycles. The zero-order valence-electron chi connectivity index (χ0n) is 16.3. The summed E-state index contributed by atoms with van der Waals surface area (Å²) in [4.78, 5) is 6.27. The van der Waals surface area contributed by atoms with Gasteiger partial charge in [-0.2, -0.15) is 0 Å². The largest absolute Gasteiger partial charge is 0.350 e. The molecular formula is C24H30N2S. The van der Waals surface area contributed by atoms with Gasteiger partial charge in [0.1, 0.15) is 0 Å². The first kappa shape index (κ1) is 18.6. The van der Waals surface area contributed by atoms with Gasteiger partial charge in [-0.3, -0.25) is 0 Å². The van der Waals surface area contributed by atoms with Crippen LogP contribution >= 0.6 is 11.8 Å². The van der Waals surface area contributed by atoms with Gasteiger partial charge in [0.25, 0.3) is 0 Å². The maximum absolute atomic E-state index is 3.58. The molecule has 2 heterocycles. The van der Waals surface area contributed by atoms with Crippen molar-refractivity contribution < 1.29 is 0 Å². The van der Waals surface area contributed by atoms with Crippen LogP contribution in [0, 0.1) is 0 Å². The average Bonchev–Trinajstić information content (AvgIpc) is 3.10. The van der Waals surface area contributed by atoms with Gasteiger partial charge in [0.05, 0.1) is 5.03 Å². The smallest absolute Gasteiger partial charge is 0.0762 e. The van der Waals surface area contributed by atoms with Crippen LogP contribution in [0.5, 0.6) is 0 Å². The van der Waals surface area contributed by atoms with E-state index in [2.05, 4.69) is 70.7 Å². The van der Waals surface area contributed by atoms with Crippen LogP contribution in [0.4, 0.5) is 0 Å². The van der Waals surface area contributed by atoms with E-state index in [0.29, 0.717) is 0 Å². The monoisotopic (exact) mass is 378 g/mol. The zero-order chi connectivity index (χ0) is 18.5. The first-order chi connectivity index (χ1) is 13.3. The van der Waals surface area contributed by atoms with E-state index in [4.69, 9.17) is 0 Å². The zero-order valence-corrected chi connectivity index (χ0v) is 17.1. The number of hydrogen-bond acceptors (Lipinski definition) is 2. The normalized spacial score (nSPS) is 18.2. The number of aromatic nitrogens is 1. The molecule has 1 aromatic heterocycles. The lowest BCUT2D eigenvalue weighted by Gasteiger charge is -2.33. The molecule has 0 bridgehead atoms. The molecule has 1 aliphatic heterocycles. The van der Waals surface area contributed by atoms with Crippen LogP contribution in [-0.2, 0) is 6.42 Å². The molecule has 3 heteroatoms. The number of nitrogens with one attached hydrogen (secondary N) is 1. The predicted octanol–water partition coefficient (Wildman–Crippen LogP) is 6.09. The van der Waals surface area contributed by atoms with Crippen molar-refractivity contribution in [1.82, 2.24) is 9.88 Å². The van der Waals surface area contributed by atoms with Crippen LogP contribution < -0.4 is 0 Å². The minimum absolute atomic E-state index is 0.719. The molecule has 1 saturated heterocycles. The summed E-state index contributed by atoms with van der Waals surface area (Å²) in [6.45, 7) is 3.74. The number of aromatic amines is 1. The number of unbranched alkanes of at least 4 members (excludes halogenated alkanes) is 1. The van der Waals surface area contributed by atoms with Gasteiger partial charge in [0.2, 0.25) is 0 Å². The van der Waals surface area contributed by atoms with E-state index >= 15 is 0 Å². The lowest BCUT2D eigenvalue weighted by Crippen LogP contribution is -2.35. The summed E-state index contributed by atoms with van der Waals surface area (Å²) in [6, 6.07) is 19.8. The number of nitrogens with zero attached hydrogens (tertiary/aromatic N) is 1. The van der Waals surface area contributed by atoms with Crippen molar-refractivity contribution in [2.75, 3.05) is 25.9 Å². The highest BCUT2D eigenvalue weighted by Crippen LogP contribution is 2.30. The molecule has 4 rings (SSSR count). The number of H-pyrrole nitrogens is 1. The number of likely N-dealkylation sites (tertiary alicyclic amines) is 1. The van der Waals surface area contributed by atoms with Gasteiger partial charge in [0, 0.05) is 17.4 Å². The highest BCUT2D eigenvalue weighted by molar-refractivity contribution is 7.98. The Kier molecular flexibility index (Phi) is 6.21. The third-order valence-electron chi connectivity index (χ3n) is 5.91. The van der Waals surface area contributed by atoms with Crippen molar-refractivity contribution in [1.29, 1.82) is 0 Å². The van der Waals surface area contributed by atoms with E-state index in [0.717, 1.165) is 5.92 Å². The number of fused-ring (bicyclic) bond motifs is 1. The topological polar surface area (TPSA) is 19.0 Å². The lowest BCUT2D eigenvalue weighted by molar-refractivity contribution is 0.204. The molecule has 1 N–H and O–H groups in total. The van der Waals surface area contributed by atoms with E-state index in [9.17, 15) is 0 Å². The van der Waals surface area contributed by atoms with Crippen LogP contribution in [0.1, 0.15) is 42.7 Å². The highest BCUT2D eigenvalue weighted by Gasteiger charge is 2.20. The molecule has 2 aromatic carbocycles. The summed E-state index contributed by atoms with van der Waals surface area (Å²) in [5, 5.41) is 2.75. The van der Waals surface area contributed by atoms with Gasteiger partial charge in [0.15, 0.2) is 0 Å². The fraction of sp³-hybridized carbons (Fsp3) is 0.417. The van der Waals surface area contributed by atoms with Crippen LogP contribution in [0.25, 0.3) is 10.9 Å². The SMILES string of the molecule is CSc1[nH]c2ccccc2c1CCCCN1CCC[C@@H](c2ccccc2)C1. The van der Waals surface area contributed by atoms with Gasteiger partial charge < -0.3 is 9.88 Å². The molecule has 1 atom stereocenters. The second kappa shape index (κ2) is 8.99. The van der Waals surface area contributed by atoms with Gasteiger partial charge in [-0.1, -0.05) is 48.5 Å². The number of rotatable bonds is 7. The fourth-order valence-corrected chi connectivity index (χ4v) is 5.16. The van der Waals surface area contributed by atoms with E-state index in [1.807, 2.05) is 11.8 Å². The standard InChI is InChI=1S/C24H30N2S/c1-27-24-22(21-13-5-6-15-23(21)25-24)14-7-8-16-26-17-9-12-20(18-26)19-10-3-2-4-11-19/h2-6,10-11,13,15,20,25H,7-9,12,14,16-18H2,1H3/t20-/m1/s1. The van der Waals surface area contributed by atoms with Crippen LogP contribution in [-0.4, -0.2) is 35.8 Å². The average molecular weight is 379 g/mol. The summed E-state index contributed by atoms with van der Waals surface area (Å²) in [7, 11) is 0. The Labute approximate surface area is 167 Å². The molecule has 0 aliphatic carbocycles. The van der Waals surface area contributed by atoms with Gasteiger partial charge >= 0.3 is 0 Å². The Morgan fingerprint density at radius 3 is 2.70 bits per heavy atom. The maximum Gasteiger partial charge on any atom is 0.0762 e. The van der Waals surface area contributed by atoms with E-state index in [1.165, 1.54) is 78.8 Å². The van der Waals surface area contributed by atoms with E-state index in [1.54, 1.807) is 0 Å². The minimum atomic E-state index is 0.719. The summed E-state index contributed by atoms with van der Waals surface area (Å²) < 4.78 is 0. The minimum Gasteiger partial charge on any atom is -0.350 e. The van der Waals surface area contributed by atoms with Gasteiger partial charge in [-0.05, 0) is 74.6 Å². The molecule has 3 aromatic rings. The van der Waals surface area contributed by atoms with Gasteiger partial charge in [-0.15, -0.1) is 11.8 Å². The van der Waals surface area contributed by atoms with Crippen LogP contribution in [0.15, 0.2) is 59.6 Å². The van der Waals surface area contributed by atoms with Crippen molar-refractivity contribution in [3.63, 3.8) is 0 Å². The number of benzene rings is 2. The highest BCUT2D eigenvalue weighted by atomic mass is 32.2. The molecule has 0 spiro atoms. The van der Waals surface area contributed by atoms with Crippen LogP contribution in [0.2, 0.25) is 0 Å². The van der Waals surface area contributed by atoms with E-state index < -0.39 is 0 Å². The number of thioether (sulfide) groups is 1. The molecular weight excluding hydrogens is 348 g/mol. The summed E-state index contributed by atoms with van der Waals surface area (Å²) >= 11 is 1.84. The van der Waals surface area contributed by atoms with Crippen molar-refractivity contribution in [2.24, 2.45) is 0 Å². The molecule has 27 heavy (non-hydrogen) atoms. The maximum atomic E-state index is 3.58. The summed E-state index contributed by atoms with van der Waals surface area (Å²) in [5.41, 5.74) is 4.31. The molecule has 2 nitrogen and oxygen atoms in total. The third kappa shape index (κ3) is 4.41. The summed E-state index contributed by atoms with van der Waals surface area (Å²) in [6.07, 6.45) is 8.57. The quantitative estimate of drug-likeness (QED) is 0.396. The molecule has 0 amide bonds. The number of hydrogen-bond donors (Lipinski definition) is 1. The Bertz CT molecular complexity index is 855. The van der Waals surface area contributed by atoms with Crippen molar-refractivity contribution in [3.05, 3.63) is 65.7 Å². The first-order valence-electron chi connectivity index (χ1n) is 10.3. The summed E-state index contributed by atoms with van der Waals surface area (Å²) in [5.74, 6) is 0.719. The Morgan fingerprint density at radius 2 is 1.85 bits per heavy atom. The molecule has 1 fully saturated rings. The van der Waals surface area contributed by atoms with Crippen molar-refractivity contribution in [3.8, 4) is 0 Å². The molecule has 1 aliphatic rings. The molecule has 142 valence electrons. The Morgan fingerprint density at radius 1 is 1.04 bits per heavy atom. The predicted molar refractivity (Wildman–Crippen MR) is 118 cm³/mol. The number of piperidine rings is 1. The second-order valence-electron chi connectivity index (χ2n) is 7.69. The third-order valence-corrected chi connectivity index (χ3v) is 6.66. The molecule has 0 unspecified atom stereocenters. The lowest BCUT2D eigenvalue weighted by atomic mass is 9.90. The van der Waals surface area contributed by atoms with Gasteiger partial charge in [-0.25, -0.2) is 0 Å². The fourth-order valence-electron chi connectivity index (χ4n) is 4.49.